The fourth-order valence-electron chi connectivity index (χ4n) is 1.82. The Morgan fingerprint density at radius 3 is 2.74 bits per heavy atom. The molecule has 0 saturated carbocycles. The van der Waals surface area contributed by atoms with E-state index in [0.717, 1.165) is 4.90 Å². The Morgan fingerprint density at radius 2 is 1.95 bits per heavy atom. The van der Waals surface area contributed by atoms with E-state index in [-0.39, 0.29) is 5.75 Å². The molecule has 96 valence electrons. The first kappa shape index (κ1) is 11.9. The van der Waals surface area contributed by atoms with Crippen molar-refractivity contribution in [3.05, 3.63) is 54.4 Å². The zero-order valence-corrected chi connectivity index (χ0v) is 10.9. The van der Waals surface area contributed by atoms with Crippen molar-refractivity contribution < 1.29 is 8.63 Å². The number of hydrogen-bond acceptors (Lipinski definition) is 4. The molecular formula is C14H12N2O2S. The molecular weight excluding hydrogens is 260 g/mol. The molecule has 1 unspecified atom stereocenters. The largest absolute Gasteiger partial charge is 0.440 e. The molecule has 4 nitrogen and oxygen atoms in total. The number of aromatic nitrogens is 1. The van der Waals surface area contributed by atoms with Gasteiger partial charge in [-0.1, -0.05) is 18.2 Å². The first-order chi connectivity index (χ1) is 9.22. The first-order valence-electron chi connectivity index (χ1n) is 5.81. The lowest BCUT2D eigenvalue weighted by atomic mass is 10.3. The Kier molecular flexibility index (Phi) is 3.05. The zero-order valence-electron chi connectivity index (χ0n) is 10.1. The number of anilines is 1. The summed E-state index contributed by atoms with van der Waals surface area (Å²) in [5.41, 5.74) is 7.68. The topological polar surface area (TPSA) is 69.1 Å². The molecule has 0 saturated heterocycles. The lowest BCUT2D eigenvalue weighted by molar-refractivity contribution is 0.552. The molecule has 1 heterocycles. The van der Waals surface area contributed by atoms with Crippen molar-refractivity contribution >= 4 is 27.6 Å². The molecule has 0 aliphatic heterocycles. The minimum atomic E-state index is -1.15. The van der Waals surface area contributed by atoms with Crippen LogP contribution in [0.1, 0.15) is 5.89 Å². The SMILES string of the molecule is Nc1ccc2oc(CS(=O)c3ccccc3)nc2c1. The number of benzene rings is 2. The zero-order chi connectivity index (χ0) is 13.2. The molecule has 0 bridgehead atoms. The van der Waals surface area contributed by atoms with E-state index in [4.69, 9.17) is 10.2 Å². The summed E-state index contributed by atoms with van der Waals surface area (Å²) in [5.74, 6) is 0.723. The summed E-state index contributed by atoms with van der Waals surface area (Å²) in [5, 5.41) is 0. The van der Waals surface area contributed by atoms with E-state index in [2.05, 4.69) is 4.98 Å². The summed E-state index contributed by atoms with van der Waals surface area (Å²) in [6, 6.07) is 14.5. The van der Waals surface area contributed by atoms with Crippen molar-refractivity contribution in [2.24, 2.45) is 0 Å². The molecule has 5 heteroatoms. The third-order valence-electron chi connectivity index (χ3n) is 2.72. The molecule has 3 rings (SSSR count). The summed E-state index contributed by atoms with van der Waals surface area (Å²) in [4.78, 5) is 5.07. The van der Waals surface area contributed by atoms with Gasteiger partial charge in [-0.15, -0.1) is 0 Å². The minimum Gasteiger partial charge on any atom is -0.440 e. The average Bonchev–Trinajstić information content (AvgIpc) is 2.81. The van der Waals surface area contributed by atoms with Gasteiger partial charge in [0, 0.05) is 10.6 Å². The fourth-order valence-corrected chi connectivity index (χ4v) is 2.80. The number of oxazole rings is 1. The molecule has 0 spiro atoms. The maximum atomic E-state index is 12.1. The second kappa shape index (κ2) is 4.85. The van der Waals surface area contributed by atoms with Crippen molar-refractivity contribution in [1.29, 1.82) is 0 Å². The Labute approximate surface area is 112 Å². The van der Waals surface area contributed by atoms with Crippen LogP contribution in [-0.2, 0) is 16.6 Å². The van der Waals surface area contributed by atoms with Gasteiger partial charge in [0.25, 0.3) is 0 Å². The van der Waals surface area contributed by atoms with Crippen molar-refractivity contribution in [1.82, 2.24) is 4.98 Å². The highest BCUT2D eigenvalue weighted by molar-refractivity contribution is 7.84. The Bertz CT molecular complexity index is 738. The van der Waals surface area contributed by atoms with Crippen LogP contribution in [0.2, 0.25) is 0 Å². The van der Waals surface area contributed by atoms with E-state index in [1.807, 2.05) is 30.3 Å². The third kappa shape index (κ3) is 2.51. The van der Waals surface area contributed by atoms with Gasteiger partial charge < -0.3 is 10.2 Å². The monoisotopic (exact) mass is 272 g/mol. The van der Waals surface area contributed by atoms with Gasteiger partial charge in [0.15, 0.2) is 5.58 Å². The number of nitrogens with two attached hydrogens (primary N) is 1. The molecule has 0 aliphatic carbocycles. The molecule has 0 fully saturated rings. The molecule has 1 aromatic heterocycles. The van der Waals surface area contributed by atoms with E-state index in [1.165, 1.54) is 0 Å². The fraction of sp³-hybridized carbons (Fsp3) is 0.0714. The van der Waals surface area contributed by atoms with Gasteiger partial charge in [-0.3, -0.25) is 4.21 Å². The molecule has 19 heavy (non-hydrogen) atoms. The summed E-state index contributed by atoms with van der Waals surface area (Å²) >= 11 is 0. The average molecular weight is 272 g/mol. The van der Waals surface area contributed by atoms with Crippen molar-refractivity contribution in [2.75, 3.05) is 5.73 Å². The summed E-state index contributed by atoms with van der Waals surface area (Å²) in [6.07, 6.45) is 0. The number of rotatable bonds is 3. The lowest BCUT2D eigenvalue weighted by Crippen LogP contribution is -1.96. The standard InChI is InChI=1S/C14H12N2O2S/c15-10-6-7-13-12(8-10)16-14(18-13)9-19(17)11-4-2-1-3-5-11/h1-8H,9,15H2. The predicted octanol–water partition coefficient (Wildman–Crippen LogP) is 2.72. The van der Waals surface area contributed by atoms with Gasteiger partial charge in [0.2, 0.25) is 5.89 Å². The summed E-state index contributed by atoms with van der Waals surface area (Å²) < 4.78 is 17.7. The maximum absolute atomic E-state index is 12.1. The predicted molar refractivity (Wildman–Crippen MR) is 75.0 cm³/mol. The van der Waals surface area contributed by atoms with E-state index in [0.29, 0.717) is 22.7 Å². The van der Waals surface area contributed by atoms with Crippen LogP contribution < -0.4 is 5.73 Å². The lowest BCUT2D eigenvalue weighted by Gasteiger charge is -1.97. The van der Waals surface area contributed by atoms with Crippen LogP contribution in [0, 0.1) is 0 Å². The third-order valence-corrected chi connectivity index (χ3v) is 4.02. The molecule has 3 aromatic rings. The second-order valence-electron chi connectivity index (χ2n) is 4.14. The normalized spacial score (nSPS) is 12.6. The van der Waals surface area contributed by atoms with Gasteiger partial charge in [0.1, 0.15) is 11.3 Å². The first-order valence-corrected chi connectivity index (χ1v) is 7.12. The van der Waals surface area contributed by atoms with E-state index in [9.17, 15) is 4.21 Å². The minimum absolute atomic E-state index is 0.262. The van der Waals surface area contributed by atoms with Crippen LogP contribution in [0.3, 0.4) is 0 Å². The quantitative estimate of drug-likeness (QED) is 0.744. The highest BCUT2D eigenvalue weighted by Gasteiger charge is 2.11. The highest BCUT2D eigenvalue weighted by Crippen LogP contribution is 2.20. The number of nitrogens with zero attached hydrogens (tertiary/aromatic N) is 1. The highest BCUT2D eigenvalue weighted by atomic mass is 32.2. The van der Waals surface area contributed by atoms with Gasteiger partial charge in [-0.25, -0.2) is 4.98 Å². The van der Waals surface area contributed by atoms with E-state index >= 15 is 0 Å². The van der Waals surface area contributed by atoms with Gasteiger partial charge in [-0.2, -0.15) is 0 Å². The molecule has 2 N–H and O–H groups in total. The molecule has 2 aromatic carbocycles. The van der Waals surface area contributed by atoms with Crippen LogP contribution in [0.25, 0.3) is 11.1 Å². The number of hydrogen-bond donors (Lipinski definition) is 1. The van der Waals surface area contributed by atoms with Crippen molar-refractivity contribution in [3.63, 3.8) is 0 Å². The summed E-state index contributed by atoms with van der Waals surface area (Å²) in [7, 11) is -1.15. The van der Waals surface area contributed by atoms with Gasteiger partial charge in [0.05, 0.1) is 10.8 Å². The van der Waals surface area contributed by atoms with Gasteiger partial charge in [-0.05, 0) is 30.3 Å². The molecule has 0 aliphatic rings. The summed E-state index contributed by atoms with van der Waals surface area (Å²) in [6.45, 7) is 0. The van der Waals surface area contributed by atoms with Gasteiger partial charge >= 0.3 is 0 Å². The number of fused-ring (bicyclic) bond motifs is 1. The maximum Gasteiger partial charge on any atom is 0.208 e. The van der Waals surface area contributed by atoms with Crippen LogP contribution >= 0.6 is 0 Å². The molecule has 0 amide bonds. The van der Waals surface area contributed by atoms with Crippen molar-refractivity contribution in [2.45, 2.75) is 10.6 Å². The van der Waals surface area contributed by atoms with Crippen LogP contribution in [0.4, 0.5) is 5.69 Å². The Hall–Kier alpha value is -2.14. The van der Waals surface area contributed by atoms with Crippen LogP contribution in [-0.4, -0.2) is 9.19 Å². The Balaban J connectivity index is 1.87. The Morgan fingerprint density at radius 1 is 1.16 bits per heavy atom. The van der Waals surface area contributed by atoms with Crippen LogP contribution in [0.5, 0.6) is 0 Å². The second-order valence-corrected chi connectivity index (χ2v) is 5.59. The van der Waals surface area contributed by atoms with Crippen molar-refractivity contribution in [3.8, 4) is 0 Å². The van der Waals surface area contributed by atoms with E-state index in [1.54, 1.807) is 18.2 Å². The molecule has 1 atom stereocenters. The molecule has 0 radical (unpaired) electrons. The van der Waals surface area contributed by atoms with Crippen LogP contribution in [0.15, 0.2) is 57.8 Å². The smallest absolute Gasteiger partial charge is 0.208 e. The number of nitrogen functional groups attached to an aromatic ring is 1. The van der Waals surface area contributed by atoms with E-state index < -0.39 is 10.8 Å².